The van der Waals surface area contributed by atoms with Crippen LogP contribution in [0, 0.1) is 20.8 Å². The number of aromatic nitrogens is 4. The Morgan fingerprint density at radius 1 is 0.967 bits per heavy atom. The molecule has 2 aliphatic rings. The van der Waals surface area contributed by atoms with E-state index in [1.54, 1.807) is 18.7 Å². The first-order valence-electron chi connectivity index (χ1n) is 10.6. The number of nitrogens with zero attached hydrogens (tertiary/aromatic N) is 7. The third-order valence-corrected chi connectivity index (χ3v) is 5.99. The summed E-state index contributed by atoms with van der Waals surface area (Å²) in [6, 6.07) is 2.05. The van der Waals surface area contributed by atoms with E-state index in [0.717, 1.165) is 30.5 Å². The zero-order valence-electron chi connectivity index (χ0n) is 18.0. The van der Waals surface area contributed by atoms with Gasteiger partial charge in [0.05, 0.1) is 6.33 Å². The van der Waals surface area contributed by atoms with Gasteiger partial charge in [0.25, 0.3) is 5.56 Å². The molecule has 2 aliphatic heterocycles. The van der Waals surface area contributed by atoms with Crippen molar-refractivity contribution in [1.82, 2.24) is 24.4 Å². The Balaban J connectivity index is 1.40. The van der Waals surface area contributed by atoms with Gasteiger partial charge in [0.2, 0.25) is 11.9 Å². The van der Waals surface area contributed by atoms with Gasteiger partial charge in [0, 0.05) is 62.3 Å². The first-order valence-corrected chi connectivity index (χ1v) is 10.6. The van der Waals surface area contributed by atoms with Gasteiger partial charge in [-0.05, 0) is 33.6 Å². The Morgan fingerprint density at radius 2 is 1.67 bits per heavy atom. The van der Waals surface area contributed by atoms with Gasteiger partial charge < -0.3 is 14.7 Å². The normalized spacial score (nSPS) is 17.0. The molecule has 9 nitrogen and oxygen atoms in total. The lowest BCUT2D eigenvalue weighted by atomic mass is 10.2. The second kappa shape index (κ2) is 8.41. The van der Waals surface area contributed by atoms with E-state index in [1.165, 1.54) is 23.7 Å². The molecule has 9 heteroatoms. The summed E-state index contributed by atoms with van der Waals surface area (Å²) in [6.07, 6.45) is 3.87. The largest absolute Gasteiger partial charge is 0.356 e. The molecule has 0 bridgehead atoms. The number of anilines is 2. The highest BCUT2D eigenvalue weighted by Crippen LogP contribution is 2.22. The molecule has 0 unspecified atom stereocenters. The molecule has 0 spiro atoms. The molecule has 2 aromatic rings. The van der Waals surface area contributed by atoms with Crippen LogP contribution >= 0.6 is 0 Å². The van der Waals surface area contributed by atoms with E-state index >= 15 is 0 Å². The SMILES string of the molecule is Cc1cc(N2CCCC2)nc(N2CCN(C(=O)Cn3cnc(C)c(C)c3=O)CC2)n1. The lowest BCUT2D eigenvalue weighted by Crippen LogP contribution is -2.50. The van der Waals surface area contributed by atoms with Crippen LogP contribution in [0.5, 0.6) is 0 Å². The van der Waals surface area contributed by atoms with E-state index in [2.05, 4.69) is 19.8 Å². The average molecular weight is 412 g/mol. The van der Waals surface area contributed by atoms with Crippen LogP contribution in [0.3, 0.4) is 0 Å². The van der Waals surface area contributed by atoms with Crippen molar-refractivity contribution in [3.05, 3.63) is 39.7 Å². The fraction of sp³-hybridized carbons (Fsp3) is 0.571. The van der Waals surface area contributed by atoms with Gasteiger partial charge >= 0.3 is 0 Å². The Morgan fingerprint density at radius 3 is 2.37 bits per heavy atom. The molecule has 1 amide bonds. The molecule has 2 aromatic heterocycles. The number of piperazine rings is 1. The summed E-state index contributed by atoms with van der Waals surface area (Å²) in [5, 5.41) is 0. The maximum Gasteiger partial charge on any atom is 0.256 e. The van der Waals surface area contributed by atoms with Crippen molar-refractivity contribution >= 4 is 17.7 Å². The fourth-order valence-corrected chi connectivity index (χ4v) is 3.98. The second-order valence-corrected chi connectivity index (χ2v) is 8.12. The summed E-state index contributed by atoms with van der Waals surface area (Å²) in [4.78, 5) is 44.9. The van der Waals surface area contributed by atoms with Gasteiger partial charge in [0.15, 0.2) is 0 Å². The topological polar surface area (TPSA) is 87.5 Å². The van der Waals surface area contributed by atoms with Crippen LogP contribution in [-0.4, -0.2) is 69.6 Å². The number of rotatable bonds is 4. The van der Waals surface area contributed by atoms with E-state index in [0.29, 0.717) is 37.4 Å². The minimum absolute atomic E-state index is 0.0208. The monoisotopic (exact) mass is 411 g/mol. The molecule has 0 atom stereocenters. The van der Waals surface area contributed by atoms with Crippen LogP contribution in [-0.2, 0) is 11.3 Å². The van der Waals surface area contributed by atoms with Gasteiger partial charge in [-0.25, -0.2) is 9.97 Å². The van der Waals surface area contributed by atoms with Crippen molar-refractivity contribution in [2.75, 3.05) is 49.1 Å². The van der Waals surface area contributed by atoms with Gasteiger partial charge in [-0.3, -0.25) is 14.2 Å². The number of carbonyl (C=O) groups is 1. The Labute approximate surface area is 176 Å². The van der Waals surface area contributed by atoms with Gasteiger partial charge in [0.1, 0.15) is 12.4 Å². The lowest BCUT2D eigenvalue weighted by molar-refractivity contribution is -0.132. The number of hydrogen-bond acceptors (Lipinski definition) is 7. The summed E-state index contributed by atoms with van der Waals surface area (Å²) >= 11 is 0. The van der Waals surface area contributed by atoms with E-state index in [-0.39, 0.29) is 18.0 Å². The predicted molar refractivity (Wildman–Crippen MR) is 115 cm³/mol. The Kier molecular flexibility index (Phi) is 5.69. The minimum Gasteiger partial charge on any atom is -0.356 e. The van der Waals surface area contributed by atoms with Crippen molar-refractivity contribution < 1.29 is 4.79 Å². The molecular formula is C21H29N7O2. The summed E-state index contributed by atoms with van der Waals surface area (Å²) < 4.78 is 1.39. The third kappa shape index (κ3) is 4.15. The van der Waals surface area contributed by atoms with Crippen LogP contribution in [0.25, 0.3) is 0 Å². The smallest absolute Gasteiger partial charge is 0.256 e. The highest BCUT2D eigenvalue weighted by Gasteiger charge is 2.24. The highest BCUT2D eigenvalue weighted by molar-refractivity contribution is 5.76. The summed E-state index contributed by atoms with van der Waals surface area (Å²) in [5.41, 5.74) is 2.09. The van der Waals surface area contributed by atoms with Crippen molar-refractivity contribution in [2.45, 2.75) is 40.2 Å². The van der Waals surface area contributed by atoms with Crippen molar-refractivity contribution in [3.8, 4) is 0 Å². The van der Waals surface area contributed by atoms with E-state index < -0.39 is 0 Å². The molecule has 0 radical (unpaired) electrons. The van der Waals surface area contributed by atoms with Crippen LogP contribution < -0.4 is 15.4 Å². The predicted octanol–water partition coefficient (Wildman–Crippen LogP) is 0.908. The maximum absolute atomic E-state index is 12.7. The minimum atomic E-state index is -0.155. The molecular weight excluding hydrogens is 382 g/mol. The number of hydrogen-bond donors (Lipinski definition) is 0. The van der Waals surface area contributed by atoms with Crippen LogP contribution in [0.15, 0.2) is 17.2 Å². The zero-order valence-corrected chi connectivity index (χ0v) is 18.0. The van der Waals surface area contributed by atoms with Crippen LogP contribution in [0.1, 0.15) is 29.8 Å². The van der Waals surface area contributed by atoms with Crippen molar-refractivity contribution in [2.24, 2.45) is 0 Å². The van der Waals surface area contributed by atoms with E-state index in [4.69, 9.17) is 4.98 Å². The molecule has 160 valence electrons. The second-order valence-electron chi connectivity index (χ2n) is 8.12. The first-order chi connectivity index (χ1) is 14.4. The molecule has 0 aliphatic carbocycles. The molecule has 30 heavy (non-hydrogen) atoms. The molecule has 2 saturated heterocycles. The molecule has 0 N–H and O–H groups in total. The summed E-state index contributed by atoms with van der Waals surface area (Å²) in [6.45, 7) is 10.2. The fourth-order valence-electron chi connectivity index (χ4n) is 3.98. The number of aryl methyl sites for hydroxylation is 2. The Hall–Kier alpha value is -2.97. The first kappa shape index (κ1) is 20.3. The zero-order chi connectivity index (χ0) is 21.3. The maximum atomic E-state index is 12.7. The molecule has 4 rings (SSSR count). The summed E-state index contributed by atoms with van der Waals surface area (Å²) in [7, 11) is 0. The Bertz CT molecular complexity index is 989. The van der Waals surface area contributed by atoms with E-state index in [9.17, 15) is 9.59 Å². The van der Waals surface area contributed by atoms with Crippen LogP contribution in [0.4, 0.5) is 11.8 Å². The van der Waals surface area contributed by atoms with Crippen molar-refractivity contribution in [1.29, 1.82) is 0 Å². The molecule has 0 saturated carbocycles. The van der Waals surface area contributed by atoms with E-state index in [1.807, 2.05) is 13.0 Å². The quantitative estimate of drug-likeness (QED) is 0.739. The number of amides is 1. The van der Waals surface area contributed by atoms with Crippen molar-refractivity contribution in [3.63, 3.8) is 0 Å². The van der Waals surface area contributed by atoms with Gasteiger partial charge in [-0.1, -0.05) is 0 Å². The molecule has 0 aromatic carbocycles. The molecule has 2 fully saturated rings. The van der Waals surface area contributed by atoms with Gasteiger partial charge in [-0.2, -0.15) is 4.98 Å². The summed E-state index contributed by atoms with van der Waals surface area (Å²) in [5.74, 6) is 1.67. The highest BCUT2D eigenvalue weighted by atomic mass is 16.2. The standard InChI is InChI=1S/C21H29N7O2/c1-15-12-18(25-6-4-5-7-25)24-21(23-15)27-10-8-26(9-11-27)19(29)13-28-14-22-17(3)16(2)20(28)30/h12,14H,4-11,13H2,1-3H3. The van der Waals surface area contributed by atoms with Crippen LogP contribution in [0.2, 0.25) is 0 Å². The lowest BCUT2D eigenvalue weighted by Gasteiger charge is -2.35. The average Bonchev–Trinajstić information content (AvgIpc) is 3.29. The third-order valence-electron chi connectivity index (χ3n) is 5.99. The van der Waals surface area contributed by atoms with Gasteiger partial charge in [-0.15, -0.1) is 0 Å². The number of carbonyl (C=O) groups excluding carboxylic acids is 1. The molecule has 4 heterocycles.